The molecule has 1 aromatic rings. The van der Waals surface area contributed by atoms with E-state index in [-0.39, 0.29) is 11.3 Å². The molecule has 0 spiro atoms. The van der Waals surface area contributed by atoms with Crippen LogP contribution < -0.4 is 4.74 Å². The number of thiophene rings is 1. The van der Waals surface area contributed by atoms with Crippen molar-refractivity contribution < 1.29 is 19.4 Å². The van der Waals surface area contributed by atoms with Crippen molar-refractivity contribution >= 4 is 23.3 Å². The van der Waals surface area contributed by atoms with Crippen LogP contribution in [0.5, 0.6) is 5.75 Å². The molecule has 0 bridgehead atoms. The molecule has 5 heteroatoms. The van der Waals surface area contributed by atoms with Gasteiger partial charge in [-0.05, 0) is 0 Å². The lowest BCUT2D eigenvalue weighted by Gasteiger charge is -1.97. The zero-order valence-electron chi connectivity index (χ0n) is 6.23. The molecule has 0 radical (unpaired) electrons. The van der Waals surface area contributed by atoms with Gasteiger partial charge in [0.2, 0.25) is 0 Å². The lowest BCUT2D eigenvalue weighted by Crippen LogP contribution is -2.04. The average Bonchev–Trinajstić information content (AvgIpc) is 2.33. The molecule has 0 amide bonds. The number of hydrogen-bond acceptors (Lipinski definition) is 4. The van der Waals surface area contributed by atoms with Gasteiger partial charge in [-0.2, -0.15) is 0 Å². The number of esters is 1. The molecule has 1 heterocycles. The zero-order chi connectivity index (χ0) is 9.14. The Morgan fingerprint density at radius 1 is 1.50 bits per heavy atom. The molecule has 0 aromatic carbocycles. The Labute approximate surface area is 72.4 Å². The van der Waals surface area contributed by atoms with E-state index in [0.29, 0.717) is 0 Å². The van der Waals surface area contributed by atoms with Gasteiger partial charge in [0.05, 0.1) is 0 Å². The minimum absolute atomic E-state index is 0.0233. The first kappa shape index (κ1) is 8.73. The van der Waals surface area contributed by atoms with Crippen LogP contribution >= 0.6 is 11.3 Å². The van der Waals surface area contributed by atoms with Crippen LogP contribution in [0.15, 0.2) is 10.8 Å². The highest BCUT2D eigenvalue weighted by atomic mass is 32.1. The van der Waals surface area contributed by atoms with Crippen LogP contribution in [0.2, 0.25) is 0 Å². The van der Waals surface area contributed by atoms with E-state index in [1.54, 1.807) is 0 Å². The molecular formula is C7H6O4S. The van der Waals surface area contributed by atoms with Gasteiger partial charge >= 0.3 is 11.9 Å². The molecule has 0 aliphatic carbocycles. The average molecular weight is 186 g/mol. The minimum atomic E-state index is -1.09. The van der Waals surface area contributed by atoms with Crippen molar-refractivity contribution in [1.82, 2.24) is 0 Å². The van der Waals surface area contributed by atoms with Crippen LogP contribution in [0.25, 0.3) is 0 Å². The van der Waals surface area contributed by atoms with Crippen molar-refractivity contribution in [3.63, 3.8) is 0 Å². The first-order valence-electron chi connectivity index (χ1n) is 3.09. The van der Waals surface area contributed by atoms with Gasteiger partial charge in [0, 0.05) is 17.7 Å². The van der Waals surface area contributed by atoms with Gasteiger partial charge in [0.25, 0.3) is 0 Å². The molecule has 0 saturated heterocycles. The third kappa shape index (κ3) is 1.82. The number of hydrogen-bond donors (Lipinski definition) is 1. The van der Waals surface area contributed by atoms with Crippen LogP contribution in [0.3, 0.4) is 0 Å². The summed E-state index contributed by atoms with van der Waals surface area (Å²) in [7, 11) is 0. The Bertz CT molecular complexity index is 315. The zero-order valence-corrected chi connectivity index (χ0v) is 7.05. The molecule has 0 atom stereocenters. The normalized spacial score (nSPS) is 9.42. The topological polar surface area (TPSA) is 63.6 Å². The van der Waals surface area contributed by atoms with Gasteiger partial charge in [-0.15, -0.1) is 11.3 Å². The molecule has 1 N–H and O–H groups in total. The van der Waals surface area contributed by atoms with Crippen LogP contribution in [-0.4, -0.2) is 17.0 Å². The first-order chi connectivity index (χ1) is 5.61. The maximum absolute atomic E-state index is 10.5. The van der Waals surface area contributed by atoms with Gasteiger partial charge in [-0.25, -0.2) is 4.79 Å². The molecule has 0 saturated carbocycles. The monoisotopic (exact) mass is 186 g/mol. The fourth-order valence-corrected chi connectivity index (χ4v) is 1.39. The van der Waals surface area contributed by atoms with Gasteiger partial charge in [-0.3, -0.25) is 4.79 Å². The molecule has 0 fully saturated rings. The van der Waals surface area contributed by atoms with Gasteiger partial charge in [0.1, 0.15) is 5.56 Å². The second kappa shape index (κ2) is 3.36. The van der Waals surface area contributed by atoms with Crippen LogP contribution in [0, 0.1) is 0 Å². The van der Waals surface area contributed by atoms with E-state index in [1.165, 1.54) is 29.0 Å². The molecule has 0 unspecified atom stereocenters. The van der Waals surface area contributed by atoms with Crippen molar-refractivity contribution in [2.45, 2.75) is 6.92 Å². The number of carbonyl (C=O) groups is 2. The highest BCUT2D eigenvalue weighted by molar-refractivity contribution is 7.08. The number of aromatic carboxylic acids is 1. The molecule has 0 aliphatic rings. The fraction of sp³-hybridized carbons (Fsp3) is 0.143. The summed E-state index contributed by atoms with van der Waals surface area (Å²) in [5.74, 6) is -1.50. The van der Waals surface area contributed by atoms with Crippen LogP contribution in [0.4, 0.5) is 0 Å². The fourth-order valence-electron chi connectivity index (χ4n) is 0.675. The third-order valence-electron chi connectivity index (χ3n) is 1.11. The number of carboxylic acid groups (broad SMARTS) is 1. The predicted molar refractivity (Wildman–Crippen MR) is 42.6 cm³/mol. The first-order valence-corrected chi connectivity index (χ1v) is 4.03. The Balaban J connectivity index is 2.91. The predicted octanol–water partition coefficient (Wildman–Crippen LogP) is 1.37. The molecule has 4 nitrogen and oxygen atoms in total. The molecule has 1 rings (SSSR count). The maximum atomic E-state index is 10.5. The summed E-state index contributed by atoms with van der Waals surface area (Å²) in [5, 5.41) is 11.5. The summed E-state index contributed by atoms with van der Waals surface area (Å²) >= 11 is 1.18. The molecule has 0 aliphatic heterocycles. The Morgan fingerprint density at radius 2 is 2.17 bits per heavy atom. The number of rotatable bonds is 2. The quantitative estimate of drug-likeness (QED) is 0.708. The van der Waals surface area contributed by atoms with E-state index in [4.69, 9.17) is 5.11 Å². The summed E-state index contributed by atoms with van der Waals surface area (Å²) in [6.07, 6.45) is 0. The summed E-state index contributed by atoms with van der Waals surface area (Å²) in [6.45, 7) is 1.23. The number of carbonyl (C=O) groups excluding carboxylic acids is 1. The van der Waals surface area contributed by atoms with E-state index in [9.17, 15) is 9.59 Å². The summed E-state index contributed by atoms with van der Waals surface area (Å²) in [5.41, 5.74) is 0.0233. The van der Waals surface area contributed by atoms with E-state index in [2.05, 4.69) is 4.74 Å². The van der Waals surface area contributed by atoms with Crippen molar-refractivity contribution in [3.05, 3.63) is 16.3 Å². The van der Waals surface area contributed by atoms with Gasteiger partial charge in [-0.1, -0.05) is 0 Å². The molecular weight excluding hydrogens is 180 g/mol. The number of ether oxygens (including phenoxy) is 1. The van der Waals surface area contributed by atoms with Crippen molar-refractivity contribution in [2.24, 2.45) is 0 Å². The molecule has 12 heavy (non-hydrogen) atoms. The van der Waals surface area contributed by atoms with Crippen molar-refractivity contribution in [1.29, 1.82) is 0 Å². The van der Waals surface area contributed by atoms with E-state index < -0.39 is 11.9 Å². The second-order valence-electron chi connectivity index (χ2n) is 2.05. The number of carboxylic acids is 1. The van der Waals surface area contributed by atoms with Crippen LogP contribution in [0.1, 0.15) is 17.3 Å². The molecule has 1 aromatic heterocycles. The second-order valence-corrected chi connectivity index (χ2v) is 2.79. The SMILES string of the molecule is CC(=O)Oc1cscc1C(=O)O. The Kier molecular flexibility index (Phi) is 2.44. The van der Waals surface area contributed by atoms with Crippen molar-refractivity contribution in [2.75, 3.05) is 0 Å². The van der Waals surface area contributed by atoms with E-state index in [1.807, 2.05) is 0 Å². The summed E-state index contributed by atoms with van der Waals surface area (Å²) < 4.78 is 4.64. The smallest absolute Gasteiger partial charge is 0.340 e. The summed E-state index contributed by atoms with van der Waals surface area (Å²) in [4.78, 5) is 21.0. The lowest BCUT2D eigenvalue weighted by atomic mass is 10.3. The van der Waals surface area contributed by atoms with Crippen LogP contribution in [-0.2, 0) is 4.79 Å². The van der Waals surface area contributed by atoms with E-state index in [0.717, 1.165) is 0 Å². The van der Waals surface area contributed by atoms with E-state index >= 15 is 0 Å². The minimum Gasteiger partial charge on any atom is -0.478 e. The standard InChI is InChI=1S/C7H6O4S/c1-4(8)11-6-3-12-2-5(6)7(9)10/h2-3H,1H3,(H,9,10). The Morgan fingerprint density at radius 3 is 2.67 bits per heavy atom. The highest BCUT2D eigenvalue weighted by Gasteiger charge is 2.13. The largest absolute Gasteiger partial charge is 0.478 e. The Hall–Kier alpha value is -1.36. The van der Waals surface area contributed by atoms with Gasteiger partial charge < -0.3 is 9.84 Å². The summed E-state index contributed by atoms with van der Waals surface area (Å²) in [6, 6.07) is 0. The third-order valence-corrected chi connectivity index (χ3v) is 1.83. The maximum Gasteiger partial charge on any atom is 0.340 e. The van der Waals surface area contributed by atoms with Crippen molar-refractivity contribution in [3.8, 4) is 5.75 Å². The lowest BCUT2D eigenvalue weighted by molar-refractivity contribution is -0.131. The molecule has 64 valence electrons. The highest BCUT2D eigenvalue weighted by Crippen LogP contribution is 2.23. The van der Waals surface area contributed by atoms with Gasteiger partial charge in [0.15, 0.2) is 5.75 Å².